The summed E-state index contributed by atoms with van der Waals surface area (Å²) in [5, 5.41) is 2.89. The highest BCUT2D eigenvalue weighted by molar-refractivity contribution is 5.94. The molecule has 1 aliphatic heterocycles. The Morgan fingerprint density at radius 1 is 1.07 bits per heavy atom. The fraction of sp³-hybridized carbons (Fsp3) is 0.391. The third-order valence-corrected chi connectivity index (χ3v) is 5.05. The average molecular weight is 396 g/mol. The fourth-order valence-electron chi connectivity index (χ4n) is 3.36. The second-order valence-electron chi connectivity index (χ2n) is 7.46. The monoisotopic (exact) mass is 395 g/mol. The number of benzene rings is 2. The van der Waals surface area contributed by atoms with Gasteiger partial charge in [-0.15, -0.1) is 0 Å². The van der Waals surface area contributed by atoms with Crippen LogP contribution in [-0.4, -0.2) is 56.1 Å². The van der Waals surface area contributed by atoms with Gasteiger partial charge in [0.25, 0.3) is 5.91 Å². The standard InChI is InChI=1S/C23H29N3O3/c1-18(24-23(28)20-6-4-3-5-7-20)16-22(27)25(2)17-19-8-10-21(11-9-19)26-12-14-29-15-13-26/h3-11,18H,12-17H2,1-2H3,(H,24,28). The van der Waals surface area contributed by atoms with Crippen LogP contribution in [0.3, 0.4) is 0 Å². The molecule has 1 fully saturated rings. The molecule has 0 aliphatic carbocycles. The zero-order chi connectivity index (χ0) is 20.6. The van der Waals surface area contributed by atoms with Gasteiger partial charge in [0.05, 0.1) is 13.2 Å². The number of hydrogen-bond acceptors (Lipinski definition) is 4. The molecule has 154 valence electrons. The van der Waals surface area contributed by atoms with E-state index in [1.807, 2.05) is 25.1 Å². The molecule has 0 radical (unpaired) electrons. The summed E-state index contributed by atoms with van der Waals surface area (Å²) in [5.41, 5.74) is 2.86. The van der Waals surface area contributed by atoms with Crippen LogP contribution in [0.15, 0.2) is 54.6 Å². The molecule has 1 saturated heterocycles. The van der Waals surface area contributed by atoms with Gasteiger partial charge >= 0.3 is 0 Å². The second-order valence-corrected chi connectivity index (χ2v) is 7.46. The molecule has 29 heavy (non-hydrogen) atoms. The van der Waals surface area contributed by atoms with E-state index in [9.17, 15) is 9.59 Å². The Morgan fingerprint density at radius 3 is 2.38 bits per heavy atom. The van der Waals surface area contributed by atoms with Crippen LogP contribution in [-0.2, 0) is 16.1 Å². The lowest BCUT2D eigenvalue weighted by Gasteiger charge is -2.29. The third kappa shape index (κ3) is 6.06. The molecule has 2 aromatic carbocycles. The Hall–Kier alpha value is -2.86. The number of carbonyl (C=O) groups is 2. The number of amides is 2. The Bertz CT molecular complexity index is 802. The summed E-state index contributed by atoms with van der Waals surface area (Å²) >= 11 is 0. The van der Waals surface area contributed by atoms with Gasteiger partial charge in [-0.05, 0) is 36.8 Å². The van der Waals surface area contributed by atoms with Gasteiger partial charge in [0.15, 0.2) is 0 Å². The van der Waals surface area contributed by atoms with Crippen molar-refractivity contribution in [2.24, 2.45) is 0 Å². The summed E-state index contributed by atoms with van der Waals surface area (Å²) in [6, 6.07) is 17.1. The maximum Gasteiger partial charge on any atom is 0.251 e. The van der Waals surface area contributed by atoms with Crippen molar-refractivity contribution in [2.45, 2.75) is 25.9 Å². The Kier molecular flexibility index (Phi) is 7.25. The molecule has 0 saturated carbocycles. The van der Waals surface area contributed by atoms with Crippen molar-refractivity contribution in [3.05, 3.63) is 65.7 Å². The van der Waals surface area contributed by atoms with E-state index in [1.54, 1.807) is 24.1 Å². The molecule has 1 N–H and O–H groups in total. The average Bonchev–Trinajstić information content (AvgIpc) is 2.75. The van der Waals surface area contributed by atoms with E-state index < -0.39 is 0 Å². The van der Waals surface area contributed by atoms with Gasteiger partial charge in [0, 0.05) is 50.4 Å². The summed E-state index contributed by atoms with van der Waals surface area (Å²) < 4.78 is 5.39. The van der Waals surface area contributed by atoms with Crippen LogP contribution >= 0.6 is 0 Å². The van der Waals surface area contributed by atoms with E-state index >= 15 is 0 Å². The lowest BCUT2D eigenvalue weighted by Crippen LogP contribution is -2.37. The minimum absolute atomic E-state index is 0.00289. The predicted octanol–water partition coefficient (Wildman–Crippen LogP) is 2.69. The van der Waals surface area contributed by atoms with Gasteiger partial charge in [0.2, 0.25) is 5.91 Å². The van der Waals surface area contributed by atoms with Crippen molar-refractivity contribution in [3.63, 3.8) is 0 Å². The van der Waals surface area contributed by atoms with Gasteiger partial charge in [-0.3, -0.25) is 9.59 Å². The number of morpholine rings is 1. The summed E-state index contributed by atoms with van der Waals surface area (Å²) in [6.45, 7) is 5.73. The van der Waals surface area contributed by atoms with E-state index in [4.69, 9.17) is 4.74 Å². The zero-order valence-electron chi connectivity index (χ0n) is 17.1. The predicted molar refractivity (Wildman–Crippen MR) is 114 cm³/mol. The molecule has 6 nitrogen and oxygen atoms in total. The summed E-state index contributed by atoms with van der Waals surface area (Å²) in [5.74, 6) is -0.157. The first kappa shape index (κ1) is 20.9. The van der Waals surface area contributed by atoms with Crippen molar-refractivity contribution < 1.29 is 14.3 Å². The van der Waals surface area contributed by atoms with Crippen LogP contribution in [0.4, 0.5) is 5.69 Å². The van der Waals surface area contributed by atoms with E-state index in [0.29, 0.717) is 12.1 Å². The van der Waals surface area contributed by atoms with E-state index in [0.717, 1.165) is 31.9 Å². The smallest absolute Gasteiger partial charge is 0.251 e. The SMILES string of the molecule is CC(CC(=O)N(C)Cc1ccc(N2CCOCC2)cc1)NC(=O)c1ccccc1. The molecule has 0 bridgehead atoms. The number of rotatable bonds is 7. The van der Waals surface area contributed by atoms with Crippen LogP contribution in [0, 0.1) is 0 Å². The van der Waals surface area contributed by atoms with Gasteiger partial charge in [-0.2, -0.15) is 0 Å². The molecule has 1 heterocycles. The van der Waals surface area contributed by atoms with Crippen molar-refractivity contribution >= 4 is 17.5 Å². The number of hydrogen-bond donors (Lipinski definition) is 1. The van der Waals surface area contributed by atoms with Gasteiger partial charge in [-0.1, -0.05) is 30.3 Å². The Morgan fingerprint density at radius 2 is 1.72 bits per heavy atom. The molecule has 1 unspecified atom stereocenters. The van der Waals surface area contributed by atoms with Crippen molar-refractivity contribution in [1.29, 1.82) is 0 Å². The lowest BCUT2D eigenvalue weighted by atomic mass is 10.1. The quantitative estimate of drug-likeness (QED) is 0.783. The number of nitrogens with one attached hydrogen (secondary N) is 1. The molecule has 2 amide bonds. The Balaban J connectivity index is 1.47. The van der Waals surface area contributed by atoms with Crippen LogP contribution in [0.5, 0.6) is 0 Å². The van der Waals surface area contributed by atoms with Crippen LogP contribution in [0.1, 0.15) is 29.3 Å². The maximum absolute atomic E-state index is 12.5. The maximum atomic E-state index is 12.5. The van der Waals surface area contributed by atoms with Crippen molar-refractivity contribution in [2.75, 3.05) is 38.3 Å². The number of anilines is 1. The first-order valence-corrected chi connectivity index (χ1v) is 10.0. The number of nitrogens with zero attached hydrogens (tertiary/aromatic N) is 2. The highest BCUT2D eigenvalue weighted by Gasteiger charge is 2.17. The molecule has 0 spiro atoms. The third-order valence-electron chi connectivity index (χ3n) is 5.05. The van der Waals surface area contributed by atoms with E-state index in [-0.39, 0.29) is 24.3 Å². The van der Waals surface area contributed by atoms with Gasteiger partial charge < -0.3 is 19.9 Å². The van der Waals surface area contributed by atoms with E-state index in [1.165, 1.54) is 5.69 Å². The topological polar surface area (TPSA) is 61.9 Å². The minimum atomic E-state index is -0.235. The molecule has 0 aromatic heterocycles. The first-order chi connectivity index (χ1) is 14.0. The van der Waals surface area contributed by atoms with Crippen LogP contribution in [0.25, 0.3) is 0 Å². The van der Waals surface area contributed by atoms with E-state index in [2.05, 4.69) is 34.5 Å². The number of ether oxygens (including phenoxy) is 1. The van der Waals surface area contributed by atoms with Gasteiger partial charge in [0.1, 0.15) is 0 Å². The molecule has 2 aromatic rings. The summed E-state index contributed by atoms with van der Waals surface area (Å²) in [7, 11) is 1.80. The van der Waals surface area contributed by atoms with Crippen molar-refractivity contribution in [3.8, 4) is 0 Å². The molecular weight excluding hydrogens is 366 g/mol. The Labute approximate surface area is 172 Å². The summed E-state index contributed by atoms with van der Waals surface area (Å²) in [6.07, 6.45) is 0.265. The lowest BCUT2D eigenvalue weighted by molar-refractivity contribution is -0.130. The van der Waals surface area contributed by atoms with Crippen LogP contribution in [0.2, 0.25) is 0 Å². The summed E-state index contributed by atoms with van der Waals surface area (Å²) in [4.78, 5) is 28.8. The molecule has 3 rings (SSSR count). The largest absolute Gasteiger partial charge is 0.378 e. The number of carbonyl (C=O) groups excluding carboxylic acids is 2. The molecular formula is C23H29N3O3. The zero-order valence-corrected chi connectivity index (χ0v) is 17.1. The van der Waals surface area contributed by atoms with Gasteiger partial charge in [-0.25, -0.2) is 0 Å². The first-order valence-electron chi connectivity index (χ1n) is 10.0. The second kappa shape index (κ2) is 10.1. The minimum Gasteiger partial charge on any atom is -0.378 e. The normalized spacial score (nSPS) is 14.9. The fourth-order valence-corrected chi connectivity index (χ4v) is 3.36. The van der Waals surface area contributed by atoms with Crippen molar-refractivity contribution in [1.82, 2.24) is 10.2 Å². The highest BCUT2D eigenvalue weighted by Crippen LogP contribution is 2.17. The highest BCUT2D eigenvalue weighted by atomic mass is 16.5. The molecule has 6 heteroatoms. The molecule has 1 aliphatic rings. The molecule has 1 atom stereocenters. The van der Waals surface area contributed by atoms with Crippen LogP contribution < -0.4 is 10.2 Å².